The molecule has 0 bridgehead atoms. The fourth-order valence-corrected chi connectivity index (χ4v) is 0.450. The molecule has 1 unspecified atom stereocenters. The van der Waals surface area contributed by atoms with Crippen molar-refractivity contribution in [3.05, 3.63) is 0 Å². The van der Waals surface area contributed by atoms with E-state index >= 15 is 0 Å². The fourth-order valence-electron chi connectivity index (χ4n) is 0.450. The zero-order valence-electron chi connectivity index (χ0n) is 5.61. The summed E-state index contributed by atoms with van der Waals surface area (Å²) in [4.78, 5) is 0. The molecular formula is C6H14NO. The predicted molar refractivity (Wildman–Crippen MR) is 33.0 cm³/mol. The molecule has 0 heterocycles. The van der Waals surface area contributed by atoms with Gasteiger partial charge in [-0.1, -0.05) is 20.3 Å². The summed E-state index contributed by atoms with van der Waals surface area (Å²) in [5.41, 5.74) is 0. The minimum atomic E-state index is -0.148. The Balaban J connectivity index is 2.86. The van der Waals surface area contributed by atoms with E-state index in [1.54, 1.807) is 0 Å². The largest absolute Gasteiger partial charge is 0.292 e. The minimum Gasteiger partial charge on any atom is -0.292 e. The zero-order valence-corrected chi connectivity index (χ0v) is 5.61. The topological polar surface area (TPSA) is 31.9 Å². The molecule has 0 spiro atoms. The molecule has 0 aromatic rings. The summed E-state index contributed by atoms with van der Waals surface area (Å²) in [7, 11) is 0. The van der Waals surface area contributed by atoms with Gasteiger partial charge in [-0.2, -0.15) is 0 Å². The van der Waals surface area contributed by atoms with Crippen LogP contribution < -0.4 is 5.32 Å². The molecule has 1 N–H and O–H groups in total. The van der Waals surface area contributed by atoms with Gasteiger partial charge in [-0.05, 0) is 12.5 Å². The van der Waals surface area contributed by atoms with E-state index in [-0.39, 0.29) is 6.73 Å². The van der Waals surface area contributed by atoms with Gasteiger partial charge in [0.2, 0.25) is 0 Å². The lowest BCUT2D eigenvalue weighted by molar-refractivity contribution is 0.163. The Bertz CT molecular complexity index is 47.8. The van der Waals surface area contributed by atoms with Gasteiger partial charge in [-0.15, -0.1) is 0 Å². The van der Waals surface area contributed by atoms with E-state index in [9.17, 15) is 5.11 Å². The van der Waals surface area contributed by atoms with Crippen LogP contribution in [0.15, 0.2) is 0 Å². The monoisotopic (exact) mass is 116 g/mol. The molecular weight excluding hydrogens is 102 g/mol. The molecule has 0 rings (SSSR count). The van der Waals surface area contributed by atoms with Gasteiger partial charge in [0, 0.05) is 0 Å². The van der Waals surface area contributed by atoms with E-state index in [1.807, 2.05) is 0 Å². The van der Waals surface area contributed by atoms with Crippen molar-refractivity contribution in [2.24, 2.45) is 5.92 Å². The van der Waals surface area contributed by atoms with E-state index < -0.39 is 0 Å². The van der Waals surface area contributed by atoms with Crippen LogP contribution in [-0.2, 0) is 5.11 Å². The highest BCUT2D eigenvalue weighted by atomic mass is 16.3. The van der Waals surface area contributed by atoms with Crippen LogP contribution in [0.5, 0.6) is 0 Å². The molecule has 0 saturated carbocycles. The molecule has 0 aromatic carbocycles. The Morgan fingerprint density at radius 2 is 2.25 bits per heavy atom. The van der Waals surface area contributed by atoms with Gasteiger partial charge in [-0.25, -0.2) is 5.11 Å². The molecule has 0 aliphatic heterocycles. The summed E-state index contributed by atoms with van der Waals surface area (Å²) in [6, 6.07) is 0. The van der Waals surface area contributed by atoms with Crippen molar-refractivity contribution in [3.63, 3.8) is 0 Å². The maximum Gasteiger partial charge on any atom is 0.133 e. The van der Waals surface area contributed by atoms with Crippen molar-refractivity contribution in [1.29, 1.82) is 0 Å². The lowest BCUT2D eigenvalue weighted by Crippen LogP contribution is -2.20. The molecule has 0 aliphatic rings. The number of rotatable bonds is 4. The average molecular weight is 116 g/mol. The van der Waals surface area contributed by atoms with Gasteiger partial charge in [0.15, 0.2) is 0 Å². The molecule has 2 nitrogen and oxygen atoms in total. The van der Waals surface area contributed by atoms with Gasteiger partial charge in [0.25, 0.3) is 0 Å². The van der Waals surface area contributed by atoms with Crippen LogP contribution in [0.4, 0.5) is 0 Å². The quantitative estimate of drug-likeness (QED) is 0.546. The number of nitrogens with one attached hydrogen (secondary N) is 1. The Labute approximate surface area is 50.9 Å². The third-order valence-electron chi connectivity index (χ3n) is 1.29. The van der Waals surface area contributed by atoms with Crippen molar-refractivity contribution < 1.29 is 5.11 Å². The molecule has 0 aromatic heterocycles. The van der Waals surface area contributed by atoms with Gasteiger partial charge in [0.05, 0.1) is 0 Å². The second kappa shape index (κ2) is 5.06. The molecule has 8 heavy (non-hydrogen) atoms. The van der Waals surface area contributed by atoms with Crippen molar-refractivity contribution in [3.8, 4) is 0 Å². The summed E-state index contributed by atoms with van der Waals surface area (Å²) in [6.07, 6.45) is 1.15. The summed E-state index contributed by atoms with van der Waals surface area (Å²) < 4.78 is 0. The maximum absolute atomic E-state index is 9.84. The first-order chi connectivity index (χ1) is 3.81. The van der Waals surface area contributed by atoms with Crippen LogP contribution in [0.1, 0.15) is 20.3 Å². The molecule has 0 aliphatic carbocycles. The van der Waals surface area contributed by atoms with Crippen molar-refractivity contribution in [1.82, 2.24) is 5.32 Å². The van der Waals surface area contributed by atoms with Gasteiger partial charge >= 0.3 is 0 Å². The lowest BCUT2D eigenvalue weighted by Gasteiger charge is -2.05. The normalized spacial score (nSPS) is 13.9. The van der Waals surface area contributed by atoms with Crippen LogP contribution in [0.25, 0.3) is 0 Å². The van der Waals surface area contributed by atoms with Gasteiger partial charge < -0.3 is 0 Å². The van der Waals surface area contributed by atoms with Crippen LogP contribution in [0.2, 0.25) is 0 Å². The first kappa shape index (κ1) is 7.92. The Morgan fingerprint density at radius 3 is 2.62 bits per heavy atom. The van der Waals surface area contributed by atoms with Crippen LogP contribution in [0, 0.1) is 5.92 Å². The summed E-state index contributed by atoms with van der Waals surface area (Å²) in [5, 5.41) is 12.6. The highest BCUT2D eigenvalue weighted by Crippen LogP contribution is 1.95. The van der Waals surface area contributed by atoms with Gasteiger partial charge in [-0.3, -0.25) is 5.32 Å². The Kier molecular flexibility index (Phi) is 5.01. The van der Waals surface area contributed by atoms with E-state index in [1.165, 1.54) is 0 Å². The Hall–Kier alpha value is -0.0800. The summed E-state index contributed by atoms with van der Waals surface area (Å²) >= 11 is 0. The molecule has 0 fully saturated rings. The smallest absolute Gasteiger partial charge is 0.133 e. The fraction of sp³-hybridized carbons (Fsp3) is 1.00. The van der Waals surface area contributed by atoms with E-state index in [4.69, 9.17) is 0 Å². The second-order valence-electron chi connectivity index (χ2n) is 2.11. The van der Waals surface area contributed by atoms with Gasteiger partial charge in [0.1, 0.15) is 6.73 Å². The Morgan fingerprint density at radius 1 is 1.62 bits per heavy atom. The molecule has 1 atom stereocenters. The van der Waals surface area contributed by atoms with Crippen LogP contribution in [-0.4, -0.2) is 13.3 Å². The minimum absolute atomic E-state index is 0.148. The molecule has 0 amide bonds. The van der Waals surface area contributed by atoms with Crippen molar-refractivity contribution in [2.45, 2.75) is 20.3 Å². The van der Waals surface area contributed by atoms with E-state index in [0.717, 1.165) is 13.0 Å². The summed E-state index contributed by atoms with van der Waals surface area (Å²) in [5.74, 6) is 0.643. The molecule has 1 radical (unpaired) electrons. The van der Waals surface area contributed by atoms with Crippen molar-refractivity contribution in [2.75, 3.05) is 13.3 Å². The number of hydrogen-bond donors (Lipinski definition) is 1. The van der Waals surface area contributed by atoms with Crippen molar-refractivity contribution >= 4 is 0 Å². The van der Waals surface area contributed by atoms with E-state index in [2.05, 4.69) is 19.2 Å². The number of hydrogen-bond acceptors (Lipinski definition) is 1. The lowest BCUT2D eigenvalue weighted by atomic mass is 10.1. The average Bonchev–Trinajstić information content (AvgIpc) is 1.83. The maximum atomic E-state index is 9.84. The standard InChI is InChI=1S/C6H14NO/c1-3-6(2)4-7-5-8/h6-7H,3-5H2,1-2H3. The molecule has 2 heteroatoms. The zero-order chi connectivity index (χ0) is 6.41. The molecule has 0 saturated heterocycles. The first-order valence-electron chi connectivity index (χ1n) is 3.10. The third kappa shape index (κ3) is 4.09. The van der Waals surface area contributed by atoms with Crippen LogP contribution in [0.3, 0.4) is 0 Å². The SMILES string of the molecule is CCC(C)CNC[O]. The van der Waals surface area contributed by atoms with E-state index in [0.29, 0.717) is 5.92 Å². The van der Waals surface area contributed by atoms with Crippen LogP contribution >= 0.6 is 0 Å². The highest BCUT2D eigenvalue weighted by Gasteiger charge is 1.94. The predicted octanol–water partition coefficient (Wildman–Crippen LogP) is 1.01. The highest BCUT2D eigenvalue weighted by molar-refractivity contribution is 4.50. The third-order valence-corrected chi connectivity index (χ3v) is 1.29. The first-order valence-corrected chi connectivity index (χ1v) is 3.10. The summed E-state index contributed by atoms with van der Waals surface area (Å²) in [6.45, 7) is 4.96. The molecule has 49 valence electrons. The second-order valence-corrected chi connectivity index (χ2v) is 2.11.